The average molecular weight is 308 g/mol. The third kappa shape index (κ3) is 2.64. The van der Waals surface area contributed by atoms with Crippen LogP contribution in [0.5, 0.6) is 11.6 Å². The predicted molar refractivity (Wildman–Crippen MR) is 75.1 cm³/mol. The Balaban J connectivity index is 2.40. The number of aromatic nitrogens is 1. The molecule has 0 atom stereocenters. The molecule has 1 aromatic carbocycles. The average Bonchev–Trinajstić information content (AvgIpc) is 2.42. The van der Waals surface area contributed by atoms with Crippen LogP contribution in [-0.2, 0) is 0 Å². The molecule has 0 saturated heterocycles. The molecule has 1 aromatic heterocycles. The van der Waals surface area contributed by atoms with Crippen LogP contribution >= 0.6 is 15.9 Å². The van der Waals surface area contributed by atoms with Gasteiger partial charge in [0.2, 0.25) is 5.88 Å². The monoisotopic (exact) mass is 307 g/mol. The zero-order valence-electron chi connectivity index (χ0n) is 10.3. The van der Waals surface area contributed by atoms with Crippen LogP contribution in [0.1, 0.15) is 6.92 Å². The van der Waals surface area contributed by atoms with E-state index in [2.05, 4.69) is 20.9 Å². The minimum atomic E-state index is 0.595. The SMILES string of the molecule is CCOc1nccc(-c2ccc(OC)cc2)c1Br. The minimum Gasteiger partial charge on any atom is -0.497 e. The van der Waals surface area contributed by atoms with E-state index in [-0.39, 0.29) is 0 Å². The van der Waals surface area contributed by atoms with Crippen LogP contribution in [0.3, 0.4) is 0 Å². The molecule has 0 fully saturated rings. The van der Waals surface area contributed by atoms with Gasteiger partial charge in [0.25, 0.3) is 0 Å². The van der Waals surface area contributed by atoms with Crippen molar-refractivity contribution >= 4 is 15.9 Å². The van der Waals surface area contributed by atoms with E-state index in [1.165, 1.54) is 0 Å². The highest BCUT2D eigenvalue weighted by molar-refractivity contribution is 9.10. The first-order valence-electron chi connectivity index (χ1n) is 5.68. The fourth-order valence-electron chi connectivity index (χ4n) is 1.66. The molecule has 0 unspecified atom stereocenters. The molecule has 0 radical (unpaired) electrons. The molecule has 0 bridgehead atoms. The highest BCUT2D eigenvalue weighted by Gasteiger charge is 2.09. The summed E-state index contributed by atoms with van der Waals surface area (Å²) in [5, 5.41) is 0. The number of pyridine rings is 1. The van der Waals surface area contributed by atoms with Gasteiger partial charge >= 0.3 is 0 Å². The largest absolute Gasteiger partial charge is 0.497 e. The predicted octanol–water partition coefficient (Wildman–Crippen LogP) is 3.92. The summed E-state index contributed by atoms with van der Waals surface area (Å²) in [5.74, 6) is 1.46. The van der Waals surface area contributed by atoms with E-state index in [1.807, 2.05) is 37.3 Å². The molecule has 0 N–H and O–H groups in total. The molecule has 94 valence electrons. The molecule has 0 spiro atoms. The van der Waals surface area contributed by atoms with E-state index in [9.17, 15) is 0 Å². The summed E-state index contributed by atoms with van der Waals surface area (Å²) in [6.07, 6.45) is 1.75. The molecular weight excluding hydrogens is 294 g/mol. The Morgan fingerprint density at radius 1 is 1.17 bits per heavy atom. The van der Waals surface area contributed by atoms with Crippen molar-refractivity contribution in [3.63, 3.8) is 0 Å². The van der Waals surface area contributed by atoms with Crippen molar-refractivity contribution in [3.8, 4) is 22.8 Å². The quantitative estimate of drug-likeness (QED) is 0.858. The minimum absolute atomic E-state index is 0.595. The molecule has 2 aromatic rings. The van der Waals surface area contributed by atoms with E-state index in [0.29, 0.717) is 12.5 Å². The first kappa shape index (κ1) is 12.9. The van der Waals surface area contributed by atoms with Crippen LogP contribution < -0.4 is 9.47 Å². The molecule has 1 heterocycles. The van der Waals surface area contributed by atoms with E-state index < -0.39 is 0 Å². The maximum Gasteiger partial charge on any atom is 0.228 e. The van der Waals surface area contributed by atoms with E-state index in [1.54, 1.807) is 13.3 Å². The maximum atomic E-state index is 5.46. The van der Waals surface area contributed by atoms with E-state index in [0.717, 1.165) is 21.3 Å². The van der Waals surface area contributed by atoms with Crippen LogP contribution in [0, 0.1) is 0 Å². The standard InChI is InChI=1S/C14H14BrNO2/c1-3-18-14-13(15)12(8-9-16-14)10-4-6-11(17-2)7-5-10/h4-9H,3H2,1-2H3. The van der Waals surface area contributed by atoms with Crippen molar-refractivity contribution < 1.29 is 9.47 Å². The Morgan fingerprint density at radius 3 is 2.50 bits per heavy atom. The fraction of sp³-hybridized carbons (Fsp3) is 0.214. The highest BCUT2D eigenvalue weighted by atomic mass is 79.9. The second-order valence-corrected chi connectivity index (χ2v) is 4.43. The molecule has 4 heteroatoms. The van der Waals surface area contributed by atoms with Gasteiger partial charge in [0, 0.05) is 11.8 Å². The fourth-order valence-corrected chi connectivity index (χ4v) is 2.23. The Morgan fingerprint density at radius 2 is 1.89 bits per heavy atom. The molecule has 0 saturated carbocycles. The van der Waals surface area contributed by atoms with Crippen molar-refractivity contribution in [3.05, 3.63) is 41.0 Å². The summed E-state index contributed by atoms with van der Waals surface area (Å²) < 4.78 is 11.5. The lowest BCUT2D eigenvalue weighted by atomic mass is 10.1. The molecule has 0 aliphatic carbocycles. The highest BCUT2D eigenvalue weighted by Crippen LogP contribution is 2.34. The van der Waals surface area contributed by atoms with Crippen molar-refractivity contribution in [2.24, 2.45) is 0 Å². The van der Waals surface area contributed by atoms with Gasteiger partial charge in [-0.2, -0.15) is 0 Å². The number of rotatable bonds is 4. The topological polar surface area (TPSA) is 31.4 Å². The van der Waals surface area contributed by atoms with Gasteiger partial charge in [-0.05, 0) is 46.6 Å². The third-order valence-electron chi connectivity index (χ3n) is 2.54. The number of halogens is 1. The van der Waals surface area contributed by atoms with Gasteiger partial charge in [0.05, 0.1) is 18.2 Å². The summed E-state index contributed by atoms with van der Waals surface area (Å²) in [6.45, 7) is 2.53. The number of ether oxygens (including phenoxy) is 2. The van der Waals surface area contributed by atoms with Gasteiger partial charge < -0.3 is 9.47 Å². The van der Waals surface area contributed by atoms with Crippen LogP contribution in [0.25, 0.3) is 11.1 Å². The number of hydrogen-bond donors (Lipinski definition) is 0. The molecule has 0 amide bonds. The summed E-state index contributed by atoms with van der Waals surface area (Å²) in [4.78, 5) is 4.19. The zero-order chi connectivity index (χ0) is 13.0. The molecular formula is C14H14BrNO2. The van der Waals surface area contributed by atoms with Gasteiger partial charge in [0.1, 0.15) is 5.75 Å². The smallest absolute Gasteiger partial charge is 0.228 e. The van der Waals surface area contributed by atoms with Crippen molar-refractivity contribution in [1.29, 1.82) is 0 Å². The number of nitrogens with zero attached hydrogens (tertiary/aromatic N) is 1. The van der Waals surface area contributed by atoms with Gasteiger partial charge in [-0.15, -0.1) is 0 Å². The van der Waals surface area contributed by atoms with Crippen LogP contribution in [-0.4, -0.2) is 18.7 Å². The van der Waals surface area contributed by atoms with Gasteiger partial charge in [-0.3, -0.25) is 0 Å². The van der Waals surface area contributed by atoms with Crippen LogP contribution in [0.2, 0.25) is 0 Å². The summed E-state index contributed by atoms with van der Waals surface area (Å²) in [6, 6.07) is 9.84. The normalized spacial score (nSPS) is 10.2. The Kier molecular flexibility index (Phi) is 4.20. The van der Waals surface area contributed by atoms with E-state index >= 15 is 0 Å². The lowest BCUT2D eigenvalue weighted by molar-refractivity contribution is 0.325. The lowest BCUT2D eigenvalue weighted by Gasteiger charge is -2.09. The summed E-state index contributed by atoms with van der Waals surface area (Å²) in [7, 11) is 1.66. The first-order chi connectivity index (χ1) is 8.76. The third-order valence-corrected chi connectivity index (χ3v) is 3.31. The second-order valence-electron chi connectivity index (χ2n) is 3.64. The van der Waals surface area contributed by atoms with Crippen LogP contribution in [0.4, 0.5) is 0 Å². The molecule has 3 nitrogen and oxygen atoms in total. The molecule has 2 rings (SSSR count). The molecule has 18 heavy (non-hydrogen) atoms. The van der Waals surface area contributed by atoms with Gasteiger partial charge in [0.15, 0.2) is 0 Å². The number of methoxy groups -OCH3 is 1. The van der Waals surface area contributed by atoms with E-state index in [4.69, 9.17) is 9.47 Å². The molecule has 0 aliphatic rings. The summed E-state index contributed by atoms with van der Waals surface area (Å²) in [5.41, 5.74) is 2.14. The Labute approximate surface area is 115 Å². The number of hydrogen-bond acceptors (Lipinski definition) is 3. The van der Waals surface area contributed by atoms with Crippen LogP contribution in [0.15, 0.2) is 41.0 Å². The van der Waals surface area contributed by atoms with Crippen molar-refractivity contribution in [1.82, 2.24) is 4.98 Å². The number of benzene rings is 1. The summed E-state index contributed by atoms with van der Waals surface area (Å²) >= 11 is 3.54. The van der Waals surface area contributed by atoms with Gasteiger partial charge in [-0.1, -0.05) is 12.1 Å². The van der Waals surface area contributed by atoms with Crippen molar-refractivity contribution in [2.75, 3.05) is 13.7 Å². The Bertz CT molecular complexity index is 526. The second kappa shape index (κ2) is 5.87. The first-order valence-corrected chi connectivity index (χ1v) is 6.47. The lowest BCUT2D eigenvalue weighted by Crippen LogP contribution is -1.96. The zero-order valence-corrected chi connectivity index (χ0v) is 11.9. The van der Waals surface area contributed by atoms with Crippen molar-refractivity contribution in [2.45, 2.75) is 6.92 Å². The maximum absolute atomic E-state index is 5.46. The molecule has 0 aliphatic heterocycles. The Hall–Kier alpha value is -1.55. The van der Waals surface area contributed by atoms with Gasteiger partial charge in [-0.25, -0.2) is 4.98 Å².